The summed E-state index contributed by atoms with van der Waals surface area (Å²) in [5.41, 5.74) is 5.62. The Labute approximate surface area is 258 Å². The largest absolute Gasteiger partial charge is 0.354 e. The lowest BCUT2D eigenvalue weighted by atomic mass is 9.99. The number of nitriles is 1. The summed E-state index contributed by atoms with van der Waals surface area (Å²) in [6.07, 6.45) is 4.64. The van der Waals surface area contributed by atoms with E-state index in [1.165, 1.54) is 18.4 Å². The highest BCUT2D eigenvalue weighted by Crippen LogP contribution is 2.37. The van der Waals surface area contributed by atoms with E-state index in [2.05, 4.69) is 75.4 Å². The number of hydrogen-bond donors (Lipinski definition) is 0. The predicted octanol–water partition coefficient (Wildman–Crippen LogP) is 6.77. The maximum absolute atomic E-state index is 14.5. The van der Waals surface area contributed by atoms with Crippen molar-refractivity contribution in [2.75, 3.05) is 49.9 Å². The Bertz CT molecular complexity index is 1640. The van der Waals surface area contributed by atoms with Gasteiger partial charge in [0.05, 0.1) is 22.7 Å². The molecule has 0 radical (unpaired) electrons. The molecule has 3 saturated heterocycles. The molecule has 7 rings (SSSR count). The summed E-state index contributed by atoms with van der Waals surface area (Å²) in [5.74, 6) is 2.03. The molecule has 0 spiro atoms. The molecule has 6 nitrogen and oxygen atoms in total. The molecule has 1 unspecified atom stereocenters. The maximum atomic E-state index is 14.5. The predicted molar refractivity (Wildman–Crippen MR) is 175 cm³/mol. The van der Waals surface area contributed by atoms with Crippen molar-refractivity contribution < 1.29 is 4.79 Å². The monoisotopic (exact) mass is 587 g/mol. The number of pyridine rings is 1. The summed E-state index contributed by atoms with van der Waals surface area (Å²) in [4.78, 5) is 26.7. The molecular weight excluding hydrogens is 550 g/mol. The molecule has 2 atom stereocenters. The third-order valence-corrected chi connectivity index (χ3v) is 10.5. The van der Waals surface area contributed by atoms with E-state index in [9.17, 15) is 10.1 Å². The van der Waals surface area contributed by atoms with Gasteiger partial charge in [0.1, 0.15) is 5.82 Å². The number of benzene rings is 3. The van der Waals surface area contributed by atoms with Crippen LogP contribution in [0.1, 0.15) is 52.4 Å². The first-order chi connectivity index (χ1) is 21.2. The Morgan fingerprint density at radius 3 is 2.49 bits per heavy atom. The van der Waals surface area contributed by atoms with Crippen LogP contribution in [-0.2, 0) is 0 Å². The van der Waals surface area contributed by atoms with Crippen LogP contribution in [0.3, 0.4) is 0 Å². The van der Waals surface area contributed by atoms with Crippen LogP contribution >= 0.6 is 11.8 Å². The fourth-order valence-electron chi connectivity index (χ4n) is 6.91. The number of nitrogens with zero attached hydrogens (tertiary/aromatic N) is 5. The van der Waals surface area contributed by atoms with Gasteiger partial charge in [-0.15, -0.1) is 0 Å². The molecule has 4 aromatic rings. The summed E-state index contributed by atoms with van der Waals surface area (Å²) >= 11 is 2.00. The number of aromatic nitrogens is 1. The summed E-state index contributed by atoms with van der Waals surface area (Å²) in [6, 6.07) is 29.1. The normalized spacial score (nSPS) is 20.9. The molecular formula is C36H37N5OS. The zero-order chi connectivity index (χ0) is 29.2. The van der Waals surface area contributed by atoms with Gasteiger partial charge in [0.25, 0.3) is 5.91 Å². The number of thioether (sulfide) groups is 1. The van der Waals surface area contributed by atoms with Crippen molar-refractivity contribution in [3.8, 4) is 17.2 Å². The standard InChI is InChI=1S/C36H37N5OS/c37-23-26-10-12-27(13-11-26)29-14-15-33-31(21-29)32(36(42)41-18-6-9-30(41)24-39-16-4-5-17-39)22-35(38-33)40-19-20-43-34(25-40)28-7-2-1-3-8-28/h1-3,7-8,10-15,21-22,30,34H,4-6,9,16-20,24-25H2/t30-,34?/m0/s1. The van der Waals surface area contributed by atoms with Crippen LogP contribution < -0.4 is 4.90 Å². The van der Waals surface area contributed by atoms with Crippen molar-refractivity contribution in [3.63, 3.8) is 0 Å². The molecule has 3 fully saturated rings. The van der Waals surface area contributed by atoms with Gasteiger partial charge in [0.2, 0.25) is 0 Å². The Balaban J connectivity index is 1.27. The SMILES string of the molecule is N#Cc1ccc(-c2ccc3nc(N4CCSC(c5ccccc5)C4)cc(C(=O)N4CCC[C@H]4CN4CCCC4)c3c2)cc1. The van der Waals surface area contributed by atoms with Crippen LogP contribution in [-0.4, -0.2) is 71.8 Å². The minimum absolute atomic E-state index is 0.123. The van der Waals surface area contributed by atoms with Crippen molar-refractivity contribution in [1.29, 1.82) is 5.26 Å². The first-order valence-corrected chi connectivity index (χ1v) is 16.6. The highest BCUT2D eigenvalue weighted by molar-refractivity contribution is 7.99. The Kier molecular flexibility index (Phi) is 8.06. The van der Waals surface area contributed by atoms with E-state index in [4.69, 9.17) is 4.98 Å². The van der Waals surface area contributed by atoms with Gasteiger partial charge in [-0.05, 0) is 85.8 Å². The first kappa shape index (κ1) is 27.9. The van der Waals surface area contributed by atoms with E-state index in [1.807, 2.05) is 36.0 Å². The van der Waals surface area contributed by atoms with Crippen molar-refractivity contribution in [1.82, 2.24) is 14.8 Å². The molecule has 218 valence electrons. The Hall–Kier alpha value is -3.86. The number of anilines is 1. The van der Waals surface area contributed by atoms with Crippen LogP contribution in [0.5, 0.6) is 0 Å². The third-order valence-electron chi connectivity index (χ3n) is 9.24. The minimum Gasteiger partial charge on any atom is -0.354 e. The van der Waals surface area contributed by atoms with Crippen molar-refractivity contribution in [2.24, 2.45) is 0 Å². The van der Waals surface area contributed by atoms with E-state index in [0.717, 1.165) is 91.3 Å². The van der Waals surface area contributed by atoms with E-state index in [1.54, 1.807) is 0 Å². The average Bonchev–Trinajstić information content (AvgIpc) is 3.77. The van der Waals surface area contributed by atoms with Gasteiger partial charge in [-0.1, -0.05) is 48.5 Å². The van der Waals surface area contributed by atoms with Crippen molar-refractivity contribution in [2.45, 2.75) is 37.0 Å². The van der Waals surface area contributed by atoms with Gasteiger partial charge in [-0.2, -0.15) is 17.0 Å². The fraction of sp³-hybridized carbons (Fsp3) is 0.361. The molecule has 4 heterocycles. The molecule has 1 amide bonds. The van der Waals surface area contributed by atoms with Crippen LogP contribution in [0.4, 0.5) is 5.82 Å². The number of hydrogen-bond acceptors (Lipinski definition) is 6. The second-order valence-electron chi connectivity index (χ2n) is 12.0. The van der Waals surface area contributed by atoms with Gasteiger partial charge in [0.15, 0.2) is 0 Å². The number of amides is 1. The molecule has 43 heavy (non-hydrogen) atoms. The summed E-state index contributed by atoms with van der Waals surface area (Å²) < 4.78 is 0. The zero-order valence-corrected chi connectivity index (χ0v) is 25.3. The molecule has 0 saturated carbocycles. The maximum Gasteiger partial charge on any atom is 0.254 e. The quantitative estimate of drug-likeness (QED) is 0.248. The van der Waals surface area contributed by atoms with Gasteiger partial charge < -0.3 is 14.7 Å². The summed E-state index contributed by atoms with van der Waals surface area (Å²) in [5, 5.41) is 10.5. The lowest BCUT2D eigenvalue weighted by Crippen LogP contribution is -2.42. The first-order valence-electron chi connectivity index (χ1n) is 15.6. The van der Waals surface area contributed by atoms with Gasteiger partial charge in [-0.25, -0.2) is 4.98 Å². The molecule has 7 heteroatoms. The van der Waals surface area contributed by atoms with E-state index < -0.39 is 0 Å². The Morgan fingerprint density at radius 2 is 1.70 bits per heavy atom. The molecule has 3 aliphatic rings. The van der Waals surface area contributed by atoms with Crippen molar-refractivity contribution >= 4 is 34.4 Å². The molecule has 0 aliphatic carbocycles. The number of carbonyl (C=O) groups is 1. The second kappa shape index (κ2) is 12.4. The molecule has 0 bridgehead atoms. The van der Waals surface area contributed by atoms with Crippen LogP contribution in [0.15, 0.2) is 78.9 Å². The van der Waals surface area contributed by atoms with E-state index in [-0.39, 0.29) is 11.9 Å². The minimum atomic E-state index is 0.123. The highest BCUT2D eigenvalue weighted by Gasteiger charge is 2.33. The molecule has 0 N–H and O–H groups in total. The van der Waals surface area contributed by atoms with E-state index in [0.29, 0.717) is 10.8 Å². The summed E-state index contributed by atoms with van der Waals surface area (Å²) in [7, 11) is 0. The lowest BCUT2D eigenvalue weighted by Gasteiger charge is -2.34. The molecule has 1 aromatic heterocycles. The molecule has 3 aliphatic heterocycles. The number of likely N-dealkylation sites (tertiary alicyclic amines) is 2. The van der Waals surface area contributed by atoms with Gasteiger partial charge >= 0.3 is 0 Å². The number of carbonyl (C=O) groups excluding carboxylic acids is 1. The summed E-state index contributed by atoms with van der Waals surface area (Å²) in [6.45, 7) is 5.84. The van der Waals surface area contributed by atoms with Gasteiger partial charge in [-0.3, -0.25) is 4.79 Å². The average molecular weight is 588 g/mol. The Morgan fingerprint density at radius 1 is 0.907 bits per heavy atom. The van der Waals surface area contributed by atoms with E-state index >= 15 is 0 Å². The van der Waals surface area contributed by atoms with Crippen LogP contribution in [0.2, 0.25) is 0 Å². The second-order valence-corrected chi connectivity index (χ2v) is 13.3. The van der Waals surface area contributed by atoms with Gasteiger partial charge in [0, 0.05) is 48.6 Å². The fourth-order valence-corrected chi connectivity index (χ4v) is 8.15. The molecule has 3 aromatic carbocycles. The zero-order valence-electron chi connectivity index (χ0n) is 24.5. The number of rotatable bonds is 6. The topological polar surface area (TPSA) is 63.5 Å². The highest BCUT2D eigenvalue weighted by atomic mass is 32.2. The van der Waals surface area contributed by atoms with Crippen LogP contribution in [0, 0.1) is 11.3 Å². The lowest BCUT2D eigenvalue weighted by molar-refractivity contribution is 0.0710. The smallest absolute Gasteiger partial charge is 0.254 e. The van der Waals surface area contributed by atoms with Crippen LogP contribution in [0.25, 0.3) is 22.0 Å². The number of fused-ring (bicyclic) bond motifs is 1. The van der Waals surface area contributed by atoms with Crippen molar-refractivity contribution in [3.05, 3.63) is 95.6 Å². The third kappa shape index (κ3) is 5.87.